The van der Waals surface area contributed by atoms with Gasteiger partial charge in [-0.25, -0.2) is 9.59 Å². The van der Waals surface area contributed by atoms with Crippen LogP contribution in [-0.2, 0) is 39.8 Å². The van der Waals surface area contributed by atoms with E-state index in [0.717, 1.165) is 43.5 Å². The number of carbonyl (C=O) groups is 4. The van der Waals surface area contributed by atoms with Crippen molar-refractivity contribution in [1.29, 1.82) is 0 Å². The Labute approximate surface area is 272 Å². The Bertz CT molecular complexity index is 1450. The highest BCUT2D eigenvalue weighted by molar-refractivity contribution is 5.91. The molecule has 14 heteroatoms. The number of benzene rings is 1. The van der Waals surface area contributed by atoms with Crippen LogP contribution >= 0.6 is 0 Å². The fourth-order valence-corrected chi connectivity index (χ4v) is 6.66. The van der Waals surface area contributed by atoms with Gasteiger partial charge in [-0.2, -0.15) is 0 Å². The van der Waals surface area contributed by atoms with Crippen LogP contribution in [0.5, 0.6) is 11.5 Å². The molecule has 0 unspecified atom stereocenters. The maximum Gasteiger partial charge on any atom is 0.339 e. The molecule has 258 valence electrons. The molecule has 47 heavy (non-hydrogen) atoms. The van der Waals surface area contributed by atoms with Crippen molar-refractivity contribution in [2.24, 2.45) is 0 Å². The lowest BCUT2D eigenvalue weighted by atomic mass is 9.77. The predicted octanol–water partition coefficient (Wildman–Crippen LogP) is 2.29. The number of carboxylic acids is 2. The Morgan fingerprint density at radius 1 is 1.06 bits per heavy atom. The summed E-state index contributed by atoms with van der Waals surface area (Å²) in [5.41, 5.74) is -1.99. The zero-order valence-electron chi connectivity index (χ0n) is 27.1. The van der Waals surface area contributed by atoms with Crippen LogP contribution in [0, 0.1) is 0 Å². The molecule has 14 nitrogen and oxygen atoms in total. The first-order valence-corrected chi connectivity index (χ1v) is 15.3. The average molecular weight is 662 g/mol. The Hall–Kier alpha value is -4.14. The second-order valence-electron chi connectivity index (χ2n) is 12.9. The van der Waals surface area contributed by atoms with Crippen LogP contribution in [0.2, 0.25) is 0 Å². The zero-order chi connectivity index (χ0) is 34.7. The highest BCUT2D eigenvalue weighted by Crippen LogP contribution is 2.55. The van der Waals surface area contributed by atoms with Crippen LogP contribution in [-0.4, -0.2) is 106 Å². The number of methoxy groups -OCH3 is 2. The van der Waals surface area contributed by atoms with Gasteiger partial charge in [-0.3, -0.25) is 14.5 Å². The van der Waals surface area contributed by atoms with Gasteiger partial charge in [0.2, 0.25) is 6.79 Å². The predicted molar refractivity (Wildman–Crippen MR) is 164 cm³/mol. The summed E-state index contributed by atoms with van der Waals surface area (Å²) in [6.45, 7) is 8.05. The molecule has 4 aliphatic rings. The number of aliphatic carboxylic acids is 2. The van der Waals surface area contributed by atoms with E-state index in [2.05, 4.69) is 17.6 Å². The van der Waals surface area contributed by atoms with Crippen LogP contribution in [0.1, 0.15) is 69.4 Å². The minimum Gasteiger partial charge on any atom is -0.497 e. The summed E-state index contributed by atoms with van der Waals surface area (Å²) in [5.74, 6) is -2.61. The minimum absolute atomic E-state index is 0.0701. The lowest BCUT2D eigenvalue weighted by molar-refractivity contribution is -0.179. The Balaban J connectivity index is 0.000000488. The number of aliphatic hydroxyl groups is 2. The third-order valence-electron chi connectivity index (χ3n) is 9.06. The van der Waals surface area contributed by atoms with E-state index in [0.29, 0.717) is 17.3 Å². The molecule has 0 amide bonds. The number of esters is 2. The molecule has 0 aromatic heterocycles. The molecule has 0 radical (unpaired) electrons. The van der Waals surface area contributed by atoms with E-state index < -0.39 is 59.6 Å². The molecule has 3 heterocycles. The lowest BCUT2D eigenvalue weighted by Gasteiger charge is -2.39. The summed E-state index contributed by atoms with van der Waals surface area (Å²) < 4.78 is 28.0. The molecule has 4 N–H and O–H groups in total. The van der Waals surface area contributed by atoms with E-state index in [1.54, 1.807) is 21.0 Å². The molecular formula is C33H43NO13. The molecule has 3 aliphatic heterocycles. The van der Waals surface area contributed by atoms with Gasteiger partial charge in [0.1, 0.15) is 5.76 Å². The molecule has 1 fully saturated rings. The molecule has 1 saturated heterocycles. The van der Waals surface area contributed by atoms with E-state index in [9.17, 15) is 29.4 Å². The van der Waals surface area contributed by atoms with Crippen LogP contribution in [0.3, 0.4) is 0 Å². The third-order valence-corrected chi connectivity index (χ3v) is 9.06. The van der Waals surface area contributed by atoms with Crippen LogP contribution in [0.25, 0.3) is 0 Å². The number of rotatable bonds is 11. The molecule has 0 saturated carbocycles. The summed E-state index contributed by atoms with van der Waals surface area (Å²) in [7, 11) is 2.74. The quantitative estimate of drug-likeness (QED) is 0.199. The van der Waals surface area contributed by atoms with Gasteiger partial charge in [-0.05, 0) is 81.8 Å². The number of ether oxygens (including phenoxy) is 5. The number of carboxylic acid groups (broad SMARTS) is 2. The number of hydrogen-bond donors (Lipinski definition) is 4. The van der Waals surface area contributed by atoms with Gasteiger partial charge >= 0.3 is 23.9 Å². The third kappa shape index (κ3) is 7.71. The summed E-state index contributed by atoms with van der Waals surface area (Å²) in [4.78, 5) is 48.0. The fraction of sp³-hybridized carbons (Fsp3) is 0.576. The smallest absolute Gasteiger partial charge is 0.339 e. The van der Waals surface area contributed by atoms with Gasteiger partial charge in [0.05, 0.1) is 44.1 Å². The van der Waals surface area contributed by atoms with E-state index in [1.165, 1.54) is 7.11 Å². The van der Waals surface area contributed by atoms with Crippen LogP contribution in [0.4, 0.5) is 0 Å². The van der Waals surface area contributed by atoms with Crippen LogP contribution in [0.15, 0.2) is 36.1 Å². The van der Waals surface area contributed by atoms with Crippen molar-refractivity contribution in [1.82, 2.24) is 4.90 Å². The Morgan fingerprint density at radius 2 is 1.74 bits per heavy atom. The van der Waals surface area contributed by atoms with Gasteiger partial charge in [0.15, 0.2) is 23.2 Å². The van der Waals surface area contributed by atoms with Gasteiger partial charge < -0.3 is 44.1 Å². The highest BCUT2D eigenvalue weighted by Gasteiger charge is 2.59. The molecule has 0 bridgehead atoms. The number of nitrogens with zero attached hydrogens (tertiary/aromatic N) is 1. The van der Waals surface area contributed by atoms with E-state index in [4.69, 9.17) is 33.9 Å². The second-order valence-corrected chi connectivity index (χ2v) is 12.9. The van der Waals surface area contributed by atoms with Gasteiger partial charge in [0, 0.05) is 12.1 Å². The summed E-state index contributed by atoms with van der Waals surface area (Å²) in [5, 5.41) is 37.8. The maximum absolute atomic E-state index is 13.7. The summed E-state index contributed by atoms with van der Waals surface area (Å²) in [6.07, 6.45) is 2.68. The van der Waals surface area contributed by atoms with E-state index in [1.807, 2.05) is 12.1 Å². The molecule has 1 aliphatic carbocycles. The minimum atomic E-state index is -2.18. The SMILES string of the molecule is C=C(CC(=O)O)C(=O)O.COC(=O)C[C@](O)(CCC(C)(C)O)C(=O)O[C@@H]1C(OC)=C[C@]23CCCN2CCc2cc4c(cc2[C@H]13)OCO4. The first-order valence-electron chi connectivity index (χ1n) is 15.3. The Morgan fingerprint density at radius 3 is 2.32 bits per heavy atom. The van der Waals surface area contributed by atoms with E-state index >= 15 is 0 Å². The van der Waals surface area contributed by atoms with Crippen molar-refractivity contribution >= 4 is 23.9 Å². The number of fused-ring (bicyclic) bond motifs is 3. The molecule has 5 rings (SSSR count). The monoisotopic (exact) mass is 661 g/mol. The van der Waals surface area contributed by atoms with E-state index in [-0.39, 0.29) is 31.1 Å². The second kappa shape index (κ2) is 13.9. The molecule has 1 aromatic rings. The normalized spacial score (nSPS) is 23.7. The molecule has 4 atom stereocenters. The lowest BCUT2D eigenvalue weighted by Crippen LogP contribution is -2.49. The largest absolute Gasteiger partial charge is 0.497 e. The topological polar surface area (TPSA) is 199 Å². The van der Waals surface area contributed by atoms with Gasteiger partial charge in [-0.1, -0.05) is 6.58 Å². The van der Waals surface area contributed by atoms with Crippen LogP contribution < -0.4 is 9.47 Å². The zero-order valence-corrected chi connectivity index (χ0v) is 27.1. The van der Waals surface area contributed by atoms with Crippen molar-refractivity contribution in [3.63, 3.8) is 0 Å². The summed E-state index contributed by atoms with van der Waals surface area (Å²) in [6, 6.07) is 3.99. The number of hydrogen-bond acceptors (Lipinski definition) is 12. The average Bonchev–Trinajstić information content (AvgIpc) is 3.69. The van der Waals surface area contributed by atoms with Gasteiger partial charge in [-0.15, -0.1) is 0 Å². The van der Waals surface area contributed by atoms with Crippen molar-refractivity contribution in [3.8, 4) is 11.5 Å². The van der Waals surface area contributed by atoms with Gasteiger partial charge in [0.25, 0.3) is 0 Å². The standard InChI is InChI=1S/C28H37NO9.C5H6O4/c1-26(2,32)8-9-28(33,15-22(30)35-4)25(31)38-24-21(34-3)14-27-7-5-10-29(27)11-6-17-12-19-20(37-16-36-19)13-18(17)23(24)27;1-3(5(8)9)2-4(6)7/h12-14,23-24,32-33H,5-11,15-16H2,1-4H3;1-2H2,(H,6,7)(H,8,9)/t23-,24-,27+,28-;/m1./s1. The van der Waals surface area contributed by atoms with Crippen molar-refractivity contribution in [2.45, 2.75) is 87.6 Å². The summed E-state index contributed by atoms with van der Waals surface area (Å²) >= 11 is 0. The van der Waals surface area contributed by atoms with Crippen molar-refractivity contribution in [2.75, 3.05) is 34.1 Å². The first kappa shape index (κ1) is 35.7. The number of carbonyl (C=O) groups excluding carboxylic acids is 2. The molecular weight excluding hydrogens is 618 g/mol. The molecule has 1 aromatic carbocycles. The van der Waals surface area contributed by atoms with Crippen molar-refractivity contribution < 1.29 is 63.3 Å². The Kier molecular flexibility index (Phi) is 10.6. The molecule has 1 spiro atoms. The van der Waals surface area contributed by atoms with Crippen molar-refractivity contribution in [3.05, 3.63) is 47.2 Å². The maximum atomic E-state index is 13.7. The highest BCUT2D eigenvalue weighted by atomic mass is 16.7. The fourth-order valence-electron chi connectivity index (χ4n) is 6.66. The first-order chi connectivity index (χ1) is 22.0.